The molecule has 1 atom stereocenters. The first-order valence-corrected chi connectivity index (χ1v) is 9.32. The molecule has 1 unspecified atom stereocenters. The lowest BCUT2D eigenvalue weighted by Gasteiger charge is -2.31. The van der Waals surface area contributed by atoms with Gasteiger partial charge in [-0.2, -0.15) is 0 Å². The van der Waals surface area contributed by atoms with Crippen molar-refractivity contribution in [3.63, 3.8) is 0 Å². The van der Waals surface area contributed by atoms with Gasteiger partial charge in [0.05, 0.1) is 10.9 Å². The van der Waals surface area contributed by atoms with Gasteiger partial charge in [0.25, 0.3) is 0 Å². The molecular formula is C20H26N4. The normalized spacial score (nSPS) is 23.6. The van der Waals surface area contributed by atoms with Gasteiger partial charge in [-0.25, -0.2) is 9.97 Å². The Morgan fingerprint density at radius 2 is 2.08 bits per heavy atom. The Bertz CT molecular complexity index is 768. The largest absolute Gasteiger partial charge is 0.339 e. The summed E-state index contributed by atoms with van der Waals surface area (Å²) in [6.07, 6.45) is 10.3. The number of fused-ring (bicyclic) bond motifs is 1. The van der Waals surface area contributed by atoms with Gasteiger partial charge in [0.2, 0.25) is 0 Å². The molecule has 1 aliphatic heterocycles. The van der Waals surface area contributed by atoms with Gasteiger partial charge >= 0.3 is 0 Å². The molecule has 2 aliphatic rings. The lowest BCUT2D eigenvalue weighted by molar-refractivity contribution is 0.355. The van der Waals surface area contributed by atoms with Gasteiger partial charge in [-0.3, -0.25) is 0 Å². The zero-order chi connectivity index (χ0) is 16.4. The van der Waals surface area contributed by atoms with Crippen LogP contribution in [0.1, 0.15) is 56.3 Å². The molecule has 0 spiro atoms. The predicted molar refractivity (Wildman–Crippen MR) is 96.8 cm³/mol. The Morgan fingerprint density at radius 3 is 2.83 bits per heavy atom. The average Bonchev–Trinajstić information content (AvgIpc) is 3.08. The molecule has 4 heteroatoms. The van der Waals surface area contributed by atoms with E-state index in [9.17, 15) is 0 Å². The van der Waals surface area contributed by atoms with Crippen LogP contribution >= 0.6 is 0 Å². The summed E-state index contributed by atoms with van der Waals surface area (Å²) in [6, 6.07) is 2.04. The maximum Gasteiger partial charge on any atom is 0.178 e. The van der Waals surface area contributed by atoms with E-state index in [4.69, 9.17) is 4.98 Å². The molecule has 3 heterocycles. The summed E-state index contributed by atoms with van der Waals surface area (Å²) < 4.78 is 0. The third kappa shape index (κ3) is 2.93. The van der Waals surface area contributed by atoms with Crippen molar-refractivity contribution < 1.29 is 0 Å². The Morgan fingerprint density at radius 1 is 1.21 bits per heavy atom. The highest BCUT2D eigenvalue weighted by atomic mass is 15.0. The molecule has 126 valence electrons. The van der Waals surface area contributed by atoms with Crippen molar-refractivity contribution in [2.75, 3.05) is 13.1 Å². The van der Waals surface area contributed by atoms with E-state index in [1.807, 2.05) is 12.3 Å². The quantitative estimate of drug-likeness (QED) is 0.791. The SMILES string of the molecule is Cc1ccnc2nc(C3(C#CC4CCCNC4)CCCCC3)[nH]c12. The van der Waals surface area contributed by atoms with Crippen molar-refractivity contribution in [3.8, 4) is 11.8 Å². The molecule has 0 amide bonds. The van der Waals surface area contributed by atoms with Crippen molar-refractivity contribution in [2.24, 2.45) is 5.92 Å². The highest BCUT2D eigenvalue weighted by Gasteiger charge is 2.35. The third-order valence-electron chi connectivity index (χ3n) is 5.57. The molecule has 0 bridgehead atoms. The van der Waals surface area contributed by atoms with Crippen molar-refractivity contribution in [2.45, 2.75) is 57.3 Å². The summed E-state index contributed by atoms with van der Waals surface area (Å²) in [5.74, 6) is 8.81. The fraction of sp³-hybridized carbons (Fsp3) is 0.600. The first-order chi connectivity index (χ1) is 11.8. The molecular weight excluding hydrogens is 296 g/mol. The second kappa shape index (κ2) is 6.57. The number of pyridine rings is 1. The highest BCUT2D eigenvalue weighted by Crippen LogP contribution is 2.38. The van der Waals surface area contributed by atoms with Gasteiger partial charge in [-0.15, -0.1) is 0 Å². The van der Waals surface area contributed by atoms with E-state index in [-0.39, 0.29) is 5.41 Å². The summed E-state index contributed by atoms with van der Waals surface area (Å²) >= 11 is 0. The number of imidazole rings is 1. The van der Waals surface area contributed by atoms with E-state index < -0.39 is 0 Å². The minimum absolute atomic E-state index is 0.108. The monoisotopic (exact) mass is 322 g/mol. The first kappa shape index (κ1) is 15.7. The number of hydrogen-bond donors (Lipinski definition) is 2. The van der Waals surface area contributed by atoms with Crippen LogP contribution in [0.15, 0.2) is 12.3 Å². The number of hydrogen-bond acceptors (Lipinski definition) is 3. The zero-order valence-corrected chi connectivity index (χ0v) is 14.5. The van der Waals surface area contributed by atoms with Crippen molar-refractivity contribution in [1.29, 1.82) is 0 Å². The number of aromatic amines is 1. The summed E-state index contributed by atoms with van der Waals surface area (Å²) in [7, 11) is 0. The third-order valence-corrected chi connectivity index (χ3v) is 5.57. The molecule has 2 aromatic heterocycles. The minimum Gasteiger partial charge on any atom is -0.339 e. The maximum atomic E-state index is 4.85. The number of aromatic nitrogens is 3. The van der Waals surface area contributed by atoms with Crippen LogP contribution in [0.25, 0.3) is 11.2 Å². The second-order valence-corrected chi connectivity index (χ2v) is 7.37. The van der Waals surface area contributed by atoms with Gasteiger partial charge in [0.1, 0.15) is 5.82 Å². The summed E-state index contributed by atoms with van der Waals surface area (Å²) in [5.41, 5.74) is 2.99. The molecule has 1 aliphatic carbocycles. The zero-order valence-electron chi connectivity index (χ0n) is 14.5. The molecule has 2 aromatic rings. The van der Waals surface area contributed by atoms with Crippen LogP contribution in [-0.2, 0) is 5.41 Å². The van der Waals surface area contributed by atoms with E-state index in [1.54, 1.807) is 0 Å². The molecule has 4 rings (SSSR count). The van der Waals surface area contributed by atoms with Crippen molar-refractivity contribution in [1.82, 2.24) is 20.3 Å². The Kier molecular flexibility index (Phi) is 4.28. The van der Waals surface area contributed by atoms with E-state index in [2.05, 4.69) is 34.0 Å². The lowest BCUT2D eigenvalue weighted by atomic mass is 9.73. The van der Waals surface area contributed by atoms with Crippen LogP contribution in [-0.4, -0.2) is 28.0 Å². The van der Waals surface area contributed by atoms with Crippen LogP contribution in [0.4, 0.5) is 0 Å². The summed E-state index contributed by atoms with van der Waals surface area (Å²) in [5, 5.41) is 3.47. The Hall–Kier alpha value is -1.86. The van der Waals surface area contributed by atoms with Crippen molar-refractivity contribution in [3.05, 3.63) is 23.7 Å². The number of rotatable bonds is 1. The van der Waals surface area contributed by atoms with Gasteiger partial charge in [-0.1, -0.05) is 31.1 Å². The van der Waals surface area contributed by atoms with Gasteiger partial charge in [0.15, 0.2) is 5.65 Å². The minimum atomic E-state index is -0.108. The number of nitrogens with zero attached hydrogens (tertiary/aromatic N) is 2. The van der Waals surface area contributed by atoms with E-state index in [0.29, 0.717) is 5.92 Å². The van der Waals surface area contributed by atoms with E-state index in [1.165, 1.54) is 37.7 Å². The first-order valence-electron chi connectivity index (χ1n) is 9.32. The predicted octanol–water partition coefficient (Wildman–Crippen LogP) is 3.47. The van der Waals surface area contributed by atoms with E-state index in [0.717, 1.165) is 42.9 Å². The fourth-order valence-corrected chi connectivity index (χ4v) is 4.05. The van der Waals surface area contributed by atoms with Gasteiger partial charge < -0.3 is 10.3 Å². The molecule has 4 nitrogen and oxygen atoms in total. The summed E-state index contributed by atoms with van der Waals surface area (Å²) in [6.45, 7) is 4.28. The van der Waals surface area contributed by atoms with Crippen LogP contribution < -0.4 is 5.32 Å². The lowest BCUT2D eigenvalue weighted by Crippen LogP contribution is -2.31. The topological polar surface area (TPSA) is 53.6 Å². The highest BCUT2D eigenvalue weighted by molar-refractivity contribution is 5.74. The summed E-state index contributed by atoms with van der Waals surface area (Å²) in [4.78, 5) is 12.9. The van der Waals surface area contributed by atoms with Crippen LogP contribution in [0.5, 0.6) is 0 Å². The number of aryl methyl sites for hydroxylation is 1. The van der Waals surface area contributed by atoms with E-state index >= 15 is 0 Å². The molecule has 0 radical (unpaired) electrons. The Labute approximate surface area is 143 Å². The molecule has 1 saturated heterocycles. The fourth-order valence-electron chi connectivity index (χ4n) is 4.05. The van der Waals surface area contributed by atoms with Gasteiger partial charge in [0, 0.05) is 18.7 Å². The van der Waals surface area contributed by atoms with Crippen LogP contribution in [0, 0.1) is 24.7 Å². The number of piperidine rings is 1. The molecule has 2 fully saturated rings. The molecule has 24 heavy (non-hydrogen) atoms. The second-order valence-electron chi connectivity index (χ2n) is 7.37. The molecule has 0 aromatic carbocycles. The van der Waals surface area contributed by atoms with Crippen LogP contribution in [0.3, 0.4) is 0 Å². The van der Waals surface area contributed by atoms with Crippen LogP contribution in [0.2, 0.25) is 0 Å². The number of nitrogens with one attached hydrogen (secondary N) is 2. The Balaban J connectivity index is 1.72. The standard InChI is InChI=1S/C20H26N4/c1-15-8-13-22-18-17(15)23-19(24-18)20(9-3-2-4-10-20)11-7-16-6-5-12-21-14-16/h8,13,16,21H,2-6,9-10,12,14H2,1H3,(H,22,23,24). The van der Waals surface area contributed by atoms with Crippen molar-refractivity contribution >= 4 is 11.2 Å². The maximum absolute atomic E-state index is 4.85. The molecule has 2 N–H and O–H groups in total. The number of H-pyrrole nitrogens is 1. The molecule has 1 saturated carbocycles. The smallest absolute Gasteiger partial charge is 0.178 e. The van der Waals surface area contributed by atoms with Gasteiger partial charge in [-0.05, 0) is 50.8 Å². The average molecular weight is 322 g/mol.